The van der Waals surface area contributed by atoms with E-state index in [0.29, 0.717) is 10.9 Å². The van der Waals surface area contributed by atoms with Gasteiger partial charge in [0.1, 0.15) is 17.7 Å². The highest BCUT2D eigenvalue weighted by molar-refractivity contribution is 7.21. The maximum Gasteiger partial charge on any atom is 0.205 e. The van der Waals surface area contributed by atoms with E-state index in [2.05, 4.69) is 0 Å². The Hall–Kier alpha value is -2.58. The molecule has 0 unspecified atom stereocenters. The first-order valence-electron chi connectivity index (χ1n) is 6.02. The number of rotatable bonds is 2. The van der Waals surface area contributed by atoms with Crippen LogP contribution >= 0.6 is 11.3 Å². The number of nitrogens with zero attached hydrogens (tertiary/aromatic N) is 1. The molecule has 3 rings (SSSR count). The third kappa shape index (κ3) is 2.30. The smallest absolute Gasteiger partial charge is 0.205 e. The minimum Gasteiger partial charge on any atom is -0.288 e. The molecule has 0 fully saturated rings. The van der Waals surface area contributed by atoms with Crippen molar-refractivity contribution < 1.29 is 13.6 Å². The lowest BCUT2D eigenvalue weighted by atomic mass is 10.0. The number of benzene rings is 2. The number of ketones is 1. The highest BCUT2D eigenvalue weighted by Crippen LogP contribution is 2.28. The summed E-state index contributed by atoms with van der Waals surface area (Å²) in [5, 5.41) is 9.66. The molecule has 0 amide bonds. The molecule has 0 spiro atoms. The van der Waals surface area contributed by atoms with Gasteiger partial charge in [-0.15, -0.1) is 11.3 Å². The number of nitriles is 1. The number of carbonyl (C=O) groups excluding carboxylic acids is 1. The summed E-state index contributed by atoms with van der Waals surface area (Å²) in [5.41, 5.74) is -0.639. The standard InChI is InChI=1S/C16H7F2NOS/c17-12-7-13(18)11(5-10(12)8-19)16(20)15-6-9-3-1-2-4-14(9)21-15/h1-7H. The van der Waals surface area contributed by atoms with Gasteiger partial charge in [-0.25, -0.2) is 8.78 Å². The number of thiophene rings is 1. The summed E-state index contributed by atoms with van der Waals surface area (Å²) >= 11 is 1.23. The molecule has 21 heavy (non-hydrogen) atoms. The number of hydrogen-bond donors (Lipinski definition) is 0. The zero-order valence-electron chi connectivity index (χ0n) is 10.6. The van der Waals surface area contributed by atoms with Gasteiger partial charge in [-0.1, -0.05) is 18.2 Å². The molecule has 1 aromatic heterocycles. The molecule has 0 aliphatic carbocycles. The zero-order chi connectivity index (χ0) is 15.0. The Labute approximate surface area is 122 Å². The van der Waals surface area contributed by atoms with E-state index >= 15 is 0 Å². The van der Waals surface area contributed by atoms with Crippen molar-refractivity contribution in [3.63, 3.8) is 0 Å². The Morgan fingerprint density at radius 2 is 1.86 bits per heavy atom. The van der Waals surface area contributed by atoms with Crippen molar-refractivity contribution in [1.29, 1.82) is 5.26 Å². The molecule has 2 nitrogen and oxygen atoms in total. The van der Waals surface area contributed by atoms with E-state index in [-0.39, 0.29) is 11.1 Å². The van der Waals surface area contributed by atoms with Gasteiger partial charge in [0.15, 0.2) is 0 Å². The second-order valence-electron chi connectivity index (χ2n) is 4.40. The minimum atomic E-state index is -0.970. The van der Waals surface area contributed by atoms with Crippen molar-refractivity contribution in [3.8, 4) is 6.07 Å². The second-order valence-corrected chi connectivity index (χ2v) is 5.49. The maximum absolute atomic E-state index is 13.8. The van der Waals surface area contributed by atoms with Crippen LogP contribution in [0.1, 0.15) is 20.8 Å². The highest BCUT2D eigenvalue weighted by Gasteiger charge is 2.19. The number of fused-ring (bicyclic) bond motifs is 1. The van der Waals surface area contributed by atoms with Gasteiger partial charge in [0.05, 0.1) is 16.0 Å². The fourth-order valence-corrected chi connectivity index (χ4v) is 3.05. The van der Waals surface area contributed by atoms with Gasteiger partial charge in [0.2, 0.25) is 5.78 Å². The summed E-state index contributed by atoms with van der Waals surface area (Å²) in [6, 6.07) is 12.2. The molecular weight excluding hydrogens is 292 g/mol. The number of halogens is 2. The van der Waals surface area contributed by atoms with Crippen molar-refractivity contribution in [2.45, 2.75) is 0 Å². The van der Waals surface area contributed by atoms with Gasteiger partial charge in [-0.2, -0.15) is 5.26 Å². The maximum atomic E-state index is 13.8. The molecule has 3 aromatic rings. The highest BCUT2D eigenvalue weighted by atomic mass is 32.1. The van der Waals surface area contributed by atoms with Crippen molar-refractivity contribution in [1.82, 2.24) is 0 Å². The Bertz CT molecular complexity index is 875. The quantitative estimate of drug-likeness (QED) is 0.663. The molecule has 0 aliphatic rings. The summed E-state index contributed by atoms with van der Waals surface area (Å²) < 4.78 is 28.0. The first kappa shape index (κ1) is 13.4. The second kappa shape index (κ2) is 5.08. The van der Waals surface area contributed by atoms with Crippen LogP contribution in [0.4, 0.5) is 8.78 Å². The summed E-state index contributed by atoms with van der Waals surface area (Å²) in [4.78, 5) is 12.7. The third-order valence-electron chi connectivity index (χ3n) is 3.07. The molecule has 5 heteroatoms. The van der Waals surface area contributed by atoms with E-state index in [1.54, 1.807) is 12.1 Å². The van der Waals surface area contributed by atoms with Crippen LogP contribution in [0.25, 0.3) is 10.1 Å². The van der Waals surface area contributed by atoms with E-state index in [0.717, 1.165) is 16.2 Å². The topological polar surface area (TPSA) is 40.9 Å². The monoisotopic (exact) mass is 299 g/mol. The summed E-state index contributed by atoms with van der Waals surface area (Å²) in [7, 11) is 0. The number of hydrogen-bond acceptors (Lipinski definition) is 3. The van der Waals surface area contributed by atoms with E-state index in [1.807, 2.05) is 24.3 Å². The van der Waals surface area contributed by atoms with Gasteiger partial charge >= 0.3 is 0 Å². The predicted molar refractivity (Wildman–Crippen MR) is 76.3 cm³/mol. The van der Waals surface area contributed by atoms with E-state index < -0.39 is 17.4 Å². The molecule has 2 aromatic carbocycles. The van der Waals surface area contributed by atoms with Gasteiger partial charge in [-0.05, 0) is 23.6 Å². The Kier molecular flexibility index (Phi) is 3.24. The van der Waals surface area contributed by atoms with Crippen LogP contribution in [0.5, 0.6) is 0 Å². The lowest BCUT2D eigenvalue weighted by Crippen LogP contribution is -2.04. The fraction of sp³-hybridized carbons (Fsp3) is 0. The molecule has 0 saturated carbocycles. The van der Waals surface area contributed by atoms with Gasteiger partial charge in [0, 0.05) is 10.8 Å². The van der Waals surface area contributed by atoms with Crippen LogP contribution in [-0.4, -0.2) is 5.78 Å². The van der Waals surface area contributed by atoms with E-state index in [4.69, 9.17) is 5.26 Å². The van der Waals surface area contributed by atoms with Crippen LogP contribution in [0, 0.1) is 23.0 Å². The zero-order valence-corrected chi connectivity index (χ0v) is 11.4. The van der Waals surface area contributed by atoms with Crippen molar-refractivity contribution in [2.75, 3.05) is 0 Å². The SMILES string of the molecule is N#Cc1cc(C(=O)c2cc3ccccc3s2)c(F)cc1F. The largest absolute Gasteiger partial charge is 0.288 e. The first-order valence-corrected chi connectivity index (χ1v) is 6.84. The molecule has 0 aliphatic heterocycles. The average molecular weight is 299 g/mol. The third-order valence-corrected chi connectivity index (χ3v) is 4.19. The van der Waals surface area contributed by atoms with Crippen LogP contribution in [0.3, 0.4) is 0 Å². The molecule has 0 saturated heterocycles. The molecular formula is C16H7F2NOS. The van der Waals surface area contributed by atoms with Gasteiger partial charge in [-0.3, -0.25) is 4.79 Å². The summed E-state index contributed by atoms with van der Waals surface area (Å²) in [6.45, 7) is 0. The van der Waals surface area contributed by atoms with Crippen LogP contribution in [0.2, 0.25) is 0 Å². The summed E-state index contributed by atoms with van der Waals surface area (Å²) in [5.74, 6) is -2.48. The van der Waals surface area contributed by atoms with Crippen molar-refractivity contribution in [2.24, 2.45) is 0 Å². The summed E-state index contributed by atoms with van der Waals surface area (Å²) in [6.07, 6.45) is 0. The molecule has 1 heterocycles. The number of carbonyl (C=O) groups is 1. The van der Waals surface area contributed by atoms with Crippen molar-refractivity contribution >= 4 is 27.2 Å². The molecule has 0 bridgehead atoms. The van der Waals surface area contributed by atoms with E-state index in [1.165, 1.54) is 11.3 Å². The Balaban J connectivity index is 2.12. The normalized spacial score (nSPS) is 10.5. The molecule has 102 valence electrons. The first-order chi connectivity index (χ1) is 10.1. The minimum absolute atomic E-state index is 0.292. The lowest BCUT2D eigenvalue weighted by molar-refractivity contribution is 0.103. The van der Waals surface area contributed by atoms with Crippen molar-refractivity contribution in [3.05, 3.63) is 70.1 Å². The average Bonchev–Trinajstić information content (AvgIpc) is 2.90. The van der Waals surface area contributed by atoms with E-state index in [9.17, 15) is 13.6 Å². The fourth-order valence-electron chi connectivity index (χ4n) is 2.04. The lowest BCUT2D eigenvalue weighted by Gasteiger charge is -2.02. The Morgan fingerprint density at radius 1 is 1.10 bits per heavy atom. The molecule has 0 radical (unpaired) electrons. The van der Waals surface area contributed by atoms with Crippen LogP contribution in [0.15, 0.2) is 42.5 Å². The van der Waals surface area contributed by atoms with Gasteiger partial charge in [0.25, 0.3) is 0 Å². The molecule has 0 N–H and O–H groups in total. The predicted octanol–water partition coefficient (Wildman–Crippen LogP) is 4.28. The van der Waals surface area contributed by atoms with Crippen LogP contribution < -0.4 is 0 Å². The molecule has 0 atom stereocenters. The Morgan fingerprint density at radius 3 is 2.57 bits per heavy atom. The van der Waals surface area contributed by atoms with Gasteiger partial charge < -0.3 is 0 Å². The van der Waals surface area contributed by atoms with Crippen LogP contribution in [-0.2, 0) is 0 Å².